The summed E-state index contributed by atoms with van der Waals surface area (Å²) in [4.78, 5) is 59.5. The SMILES string of the molecule is C1CCNCC1.C1CCNCC1.CCCCCNc1ccc(N)cn1.CCCCCNc1ncccc1[N+](=O)[O-].Clc1ccc2c(NCCc3ccc(OCCCN4CCCCC4)cc3)ccnc2c1.O=C(CCCCCN1CCCCC1)c1ccc(OCCCN2CCCCC2)cc1.O=[N+]([O-])c1ccc(NCCCCCN2CCCCC2)nc1. The number of fused-ring (bicyclic) bond motifs is 1. The Labute approximate surface area is 723 Å². The number of anilines is 5. The van der Waals surface area contributed by atoms with Gasteiger partial charge < -0.3 is 66.7 Å². The minimum Gasteiger partial charge on any atom is -0.494 e. The molecule has 6 aliphatic rings. The van der Waals surface area contributed by atoms with E-state index in [1.54, 1.807) is 24.5 Å². The van der Waals surface area contributed by atoms with Gasteiger partial charge in [0.1, 0.15) is 29.3 Å². The molecular formula is C95H148ClN17O7. The second kappa shape index (κ2) is 63.6. The number of nitrogens with zero attached hydrogens (tertiary/aromatic N) is 10. The van der Waals surface area contributed by atoms with Crippen molar-refractivity contribution in [1.82, 2.24) is 50.2 Å². The number of hydrogen-bond acceptors (Lipinski definition) is 22. The van der Waals surface area contributed by atoms with Gasteiger partial charge in [-0.05, 0) is 317 Å². The fraction of sp³-hybridized carbons (Fsp3) is 0.611. The molecule has 7 aromatic rings. The van der Waals surface area contributed by atoms with Crippen LogP contribution in [0.4, 0.5) is 40.2 Å². The molecule has 0 atom stereocenters. The molecule has 0 amide bonds. The summed E-state index contributed by atoms with van der Waals surface area (Å²) in [5.74, 6) is 4.07. The van der Waals surface area contributed by atoms with E-state index in [9.17, 15) is 25.0 Å². The number of piperidine rings is 6. The lowest BCUT2D eigenvalue weighted by Crippen LogP contribution is -2.31. The highest BCUT2D eigenvalue weighted by Gasteiger charge is 2.17. The second-order valence-electron chi connectivity index (χ2n) is 32.3. The Morgan fingerprint density at radius 2 is 0.950 bits per heavy atom. The third-order valence-corrected chi connectivity index (χ3v) is 22.5. The largest absolute Gasteiger partial charge is 0.494 e. The van der Waals surface area contributed by atoms with E-state index in [4.69, 9.17) is 26.8 Å². The van der Waals surface area contributed by atoms with Gasteiger partial charge in [-0.15, -0.1) is 0 Å². The number of unbranched alkanes of at least 4 members (excludes halogenated alkanes) is 8. The predicted octanol–water partition coefficient (Wildman–Crippen LogP) is 20.4. The number of ketones is 1. The molecule has 13 rings (SSSR count). The van der Waals surface area contributed by atoms with E-state index in [2.05, 4.69) is 110 Å². The van der Waals surface area contributed by atoms with Crippen molar-refractivity contribution in [3.63, 3.8) is 0 Å². The number of nitro groups is 2. The maximum Gasteiger partial charge on any atom is 0.311 e. The van der Waals surface area contributed by atoms with Gasteiger partial charge in [0.05, 0.1) is 40.5 Å². The third-order valence-electron chi connectivity index (χ3n) is 22.2. The molecule has 0 unspecified atom stereocenters. The molecular weight excluding hydrogens is 1530 g/mol. The molecule has 662 valence electrons. The van der Waals surface area contributed by atoms with E-state index in [0.717, 1.165) is 150 Å². The molecule has 6 aliphatic heterocycles. The molecule has 0 bridgehead atoms. The Hall–Kier alpha value is -8.36. The van der Waals surface area contributed by atoms with Crippen LogP contribution in [-0.2, 0) is 6.42 Å². The molecule has 25 heteroatoms. The summed E-state index contributed by atoms with van der Waals surface area (Å²) in [6.45, 7) is 29.1. The van der Waals surface area contributed by atoms with Crippen LogP contribution < -0.4 is 47.1 Å². The number of hydrogen-bond donors (Lipinski definition) is 7. The minimum absolute atomic E-state index is 0.0297. The number of ether oxygens (including phenoxy) is 2. The van der Waals surface area contributed by atoms with Gasteiger partial charge in [0, 0.05) is 91.9 Å². The number of rotatable bonds is 40. The zero-order chi connectivity index (χ0) is 84.8. The van der Waals surface area contributed by atoms with Crippen LogP contribution >= 0.6 is 11.6 Å². The van der Waals surface area contributed by atoms with E-state index in [0.29, 0.717) is 28.8 Å². The number of carbonyl (C=O) groups excluding carboxylic acids is 1. The molecule has 3 aromatic carbocycles. The number of Topliss-reactive ketones (excluding diaryl/α,β-unsaturated/α-hetero) is 1. The fourth-order valence-electron chi connectivity index (χ4n) is 15.2. The first-order valence-electron chi connectivity index (χ1n) is 46.1. The van der Waals surface area contributed by atoms with Crippen LogP contribution in [-0.4, -0.2) is 199 Å². The van der Waals surface area contributed by atoms with Crippen molar-refractivity contribution < 1.29 is 24.1 Å². The summed E-state index contributed by atoms with van der Waals surface area (Å²) in [5.41, 5.74) is 10.4. The first kappa shape index (κ1) is 98.7. The van der Waals surface area contributed by atoms with Gasteiger partial charge in [-0.25, -0.2) is 15.0 Å². The standard InChI is InChI=1S/C25H30ClN3O.C25H40N2O2.C15H24N4O2.C10H15N3O2.C10H17N3.2C5H11N/c26-21-7-10-23-24(12-14-28-25(23)19-21)27-13-11-20-5-8-22(9-6-20)30-18-4-17-29-15-2-1-3-16-29;28-25(11-4-1-5-16-26-17-6-2-7-18-26)23-12-14-24(15-13-23)29-22-10-21-27-19-8-3-9-20-27;20-19(21)14-7-8-15(17-13-14)16-9-3-1-4-10-18-11-5-2-6-12-18;1-2-3-4-7-11-10-9(13(14)15)6-5-8-12-10;1-2-3-4-7-12-10-6-5-9(11)8-13-10;2*1-2-4-6-5-3-1/h5-10,12,14,19H,1-4,11,13,15-18H2,(H,27,28);12-15H,1-11,16-22H2;7-8,13H,1-6,9-12H2,(H,16,17);5-6,8H,2-4,7H2,1H3,(H,11,12);5-6,8H,2-4,7,11H2,1H3,(H,12,13);2*6H,1-5H2. The zero-order valence-corrected chi connectivity index (χ0v) is 73.8. The van der Waals surface area contributed by atoms with Crippen LogP contribution in [0.5, 0.6) is 11.5 Å². The van der Waals surface area contributed by atoms with Crippen LogP contribution in [0.2, 0.25) is 5.02 Å². The molecule has 24 nitrogen and oxygen atoms in total. The van der Waals surface area contributed by atoms with E-state index < -0.39 is 9.85 Å². The predicted molar refractivity (Wildman–Crippen MR) is 498 cm³/mol. The Morgan fingerprint density at radius 1 is 0.467 bits per heavy atom. The molecule has 4 aromatic heterocycles. The van der Waals surface area contributed by atoms with Crippen LogP contribution in [0.3, 0.4) is 0 Å². The van der Waals surface area contributed by atoms with Crippen LogP contribution in [0.1, 0.15) is 242 Å². The molecule has 6 saturated heterocycles. The molecule has 8 N–H and O–H groups in total. The lowest BCUT2D eigenvalue weighted by atomic mass is 10.0. The second-order valence-corrected chi connectivity index (χ2v) is 32.7. The Balaban J connectivity index is 0.000000205. The topological polar surface area (TPSA) is 285 Å². The quantitative estimate of drug-likeness (QED) is 0.00813. The molecule has 0 saturated carbocycles. The van der Waals surface area contributed by atoms with Gasteiger partial charge in [-0.3, -0.25) is 30.0 Å². The highest BCUT2D eigenvalue weighted by Crippen LogP contribution is 2.26. The number of pyridine rings is 4. The highest BCUT2D eigenvalue weighted by molar-refractivity contribution is 6.31. The highest BCUT2D eigenvalue weighted by atomic mass is 35.5. The summed E-state index contributed by atoms with van der Waals surface area (Å²) in [6, 6.07) is 34.0. The zero-order valence-electron chi connectivity index (χ0n) is 73.1. The van der Waals surface area contributed by atoms with Crippen molar-refractivity contribution in [2.75, 3.05) is 171 Å². The first-order chi connectivity index (χ1) is 58.9. The van der Waals surface area contributed by atoms with Gasteiger partial charge in [-0.1, -0.05) is 115 Å². The number of nitrogens with two attached hydrogens (primary N) is 1. The normalized spacial score (nSPS) is 15.7. The van der Waals surface area contributed by atoms with Gasteiger partial charge in [0.2, 0.25) is 5.82 Å². The minimum atomic E-state index is -0.433. The van der Waals surface area contributed by atoms with Gasteiger partial charge >= 0.3 is 5.69 Å². The third kappa shape index (κ3) is 44.4. The van der Waals surface area contributed by atoms with E-state index in [1.807, 2.05) is 66.9 Å². The number of halogens is 1. The van der Waals surface area contributed by atoms with Crippen molar-refractivity contribution in [2.45, 2.75) is 232 Å². The molecule has 6 fully saturated rings. The number of carbonyl (C=O) groups is 1. The summed E-state index contributed by atoms with van der Waals surface area (Å²) >= 11 is 6.07. The molecule has 0 aliphatic carbocycles. The van der Waals surface area contributed by atoms with Crippen LogP contribution in [0.25, 0.3) is 10.9 Å². The Kier molecular flexibility index (Phi) is 52.3. The average molecular weight is 1680 g/mol. The Morgan fingerprint density at radius 3 is 1.42 bits per heavy atom. The number of aromatic nitrogens is 4. The number of benzene rings is 3. The summed E-state index contributed by atoms with van der Waals surface area (Å²) in [7, 11) is 0. The van der Waals surface area contributed by atoms with Crippen molar-refractivity contribution >= 4 is 68.5 Å². The van der Waals surface area contributed by atoms with E-state index in [1.165, 1.54) is 270 Å². The monoisotopic (exact) mass is 1670 g/mol. The van der Waals surface area contributed by atoms with Crippen molar-refractivity contribution in [2.24, 2.45) is 0 Å². The average Bonchev–Trinajstić information content (AvgIpc) is 0.818. The van der Waals surface area contributed by atoms with E-state index >= 15 is 0 Å². The van der Waals surface area contributed by atoms with E-state index in [-0.39, 0.29) is 17.2 Å². The first-order valence-corrected chi connectivity index (χ1v) is 46.5. The molecule has 0 radical (unpaired) electrons. The molecule has 0 spiro atoms. The van der Waals surface area contributed by atoms with Crippen LogP contribution in [0.15, 0.2) is 134 Å². The Bertz CT molecular complexity index is 3730. The van der Waals surface area contributed by atoms with Gasteiger partial charge in [0.15, 0.2) is 5.78 Å². The fourth-order valence-corrected chi connectivity index (χ4v) is 15.3. The summed E-state index contributed by atoms with van der Waals surface area (Å²) < 4.78 is 11.8. The number of likely N-dealkylation sites (tertiary alicyclic amines) is 4. The maximum absolute atomic E-state index is 12.4. The van der Waals surface area contributed by atoms with Crippen LogP contribution in [0, 0.1) is 20.2 Å². The maximum atomic E-state index is 12.4. The number of nitrogens with one attached hydrogen (secondary N) is 6. The smallest absolute Gasteiger partial charge is 0.311 e. The summed E-state index contributed by atoms with van der Waals surface area (Å²) in [5, 5.41) is 42.5. The summed E-state index contributed by atoms with van der Waals surface area (Å²) in [6.07, 6.45) is 48.8. The lowest BCUT2D eigenvalue weighted by molar-refractivity contribution is -0.385. The van der Waals surface area contributed by atoms with Gasteiger partial charge in [-0.2, -0.15) is 0 Å². The lowest BCUT2D eigenvalue weighted by Gasteiger charge is -2.26. The van der Waals surface area contributed by atoms with Gasteiger partial charge in [0.25, 0.3) is 5.69 Å². The van der Waals surface area contributed by atoms with Crippen molar-refractivity contribution in [1.29, 1.82) is 0 Å². The molecule has 120 heavy (non-hydrogen) atoms. The van der Waals surface area contributed by atoms with Crippen molar-refractivity contribution in [3.05, 3.63) is 170 Å². The van der Waals surface area contributed by atoms with Crippen molar-refractivity contribution in [3.8, 4) is 11.5 Å². The molecule has 10 heterocycles. The number of nitrogen functional groups attached to an aromatic ring is 1.